The Morgan fingerprint density at radius 2 is 1.91 bits per heavy atom. The van der Waals surface area contributed by atoms with Crippen LogP contribution in [0.5, 0.6) is 5.88 Å². The number of carbonyl (C=O) groups excluding carboxylic acids is 1. The van der Waals surface area contributed by atoms with Crippen molar-refractivity contribution in [3.63, 3.8) is 0 Å². The van der Waals surface area contributed by atoms with Crippen LogP contribution in [0.1, 0.15) is 43.9 Å². The standard InChI is InChI=1S/C24H27ClN2O4S/c1-3-23(28)27-13-12-16(15-27)14-20(22-11-10-21(25)24(26-22)31-2)17-4-6-18(7-5-17)32(29,30)19-8-9-19/h4-7,10-11,14,16,19H,3,8-9,12-13,15H2,1-2H3. The smallest absolute Gasteiger partial charge is 0.232 e. The normalized spacial score (nSPS) is 19.3. The van der Waals surface area contributed by atoms with Gasteiger partial charge in [0.25, 0.3) is 0 Å². The Labute approximate surface area is 194 Å². The molecule has 0 N–H and O–H groups in total. The zero-order valence-electron chi connectivity index (χ0n) is 18.3. The Kier molecular flexibility index (Phi) is 6.58. The number of hydrogen-bond donors (Lipinski definition) is 0. The lowest BCUT2D eigenvalue weighted by Crippen LogP contribution is -2.27. The van der Waals surface area contributed by atoms with E-state index in [-0.39, 0.29) is 17.1 Å². The van der Waals surface area contributed by atoms with Crippen LogP contribution in [0.15, 0.2) is 47.4 Å². The van der Waals surface area contributed by atoms with E-state index in [2.05, 4.69) is 11.1 Å². The molecular weight excluding hydrogens is 448 g/mol. The fourth-order valence-electron chi connectivity index (χ4n) is 4.05. The van der Waals surface area contributed by atoms with Gasteiger partial charge in [0, 0.05) is 25.1 Å². The van der Waals surface area contributed by atoms with Gasteiger partial charge in [0.1, 0.15) is 5.02 Å². The average molecular weight is 475 g/mol. The SMILES string of the molecule is CCC(=O)N1CCC(C=C(c2ccc(S(=O)(=O)C3CC3)cc2)c2ccc(Cl)c(OC)n2)C1. The van der Waals surface area contributed by atoms with E-state index >= 15 is 0 Å². The van der Waals surface area contributed by atoms with Gasteiger partial charge in [-0.05, 0) is 55.0 Å². The molecule has 2 aliphatic rings. The van der Waals surface area contributed by atoms with E-state index in [1.54, 1.807) is 18.2 Å². The number of likely N-dealkylation sites (tertiary alicyclic amines) is 1. The van der Waals surface area contributed by atoms with Crippen molar-refractivity contribution >= 4 is 32.9 Å². The largest absolute Gasteiger partial charge is 0.480 e. The van der Waals surface area contributed by atoms with Crippen molar-refractivity contribution in [2.24, 2.45) is 5.92 Å². The number of nitrogens with zero attached hydrogens (tertiary/aromatic N) is 2. The summed E-state index contributed by atoms with van der Waals surface area (Å²) in [5.41, 5.74) is 2.41. The number of hydrogen-bond acceptors (Lipinski definition) is 5. The zero-order valence-corrected chi connectivity index (χ0v) is 19.8. The molecule has 1 saturated carbocycles. The van der Waals surface area contributed by atoms with Gasteiger partial charge in [0.15, 0.2) is 9.84 Å². The van der Waals surface area contributed by atoms with Crippen LogP contribution < -0.4 is 4.74 Å². The first-order valence-electron chi connectivity index (χ1n) is 10.9. The van der Waals surface area contributed by atoms with Crippen molar-refractivity contribution in [2.75, 3.05) is 20.2 Å². The molecule has 1 aromatic heterocycles. The molecule has 1 aliphatic heterocycles. The van der Waals surface area contributed by atoms with E-state index in [1.807, 2.05) is 30.0 Å². The van der Waals surface area contributed by atoms with Crippen LogP contribution in [-0.2, 0) is 14.6 Å². The van der Waals surface area contributed by atoms with Crippen LogP contribution in [0.2, 0.25) is 5.02 Å². The third-order valence-electron chi connectivity index (χ3n) is 6.02. The summed E-state index contributed by atoms with van der Waals surface area (Å²) in [6.07, 6.45) is 4.96. The lowest BCUT2D eigenvalue weighted by atomic mass is 9.96. The van der Waals surface area contributed by atoms with Gasteiger partial charge in [-0.1, -0.05) is 36.7 Å². The van der Waals surface area contributed by atoms with E-state index in [9.17, 15) is 13.2 Å². The van der Waals surface area contributed by atoms with E-state index in [0.717, 1.165) is 36.9 Å². The van der Waals surface area contributed by atoms with Crippen LogP contribution in [0.25, 0.3) is 5.57 Å². The minimum Gasteiger partial charge on any atom is -0.480 e. The second-order valence-electron chi connectivity index (χ2n) is 8.28. The molecule has 0 radical (unpaired) electrons. The molecule has 1 saturated heterocycles. The van der Waals surface area contributed by atoms with Crippen molar-refractivity contribution in [3.05, 3.63) is 58.8 Å². The van der Waals surface area contributed by atoms with Crippen LogP contribution >= 0.6 is 11.6 Å². The van der Waals surface area contributed by atoms with Gasteiger partial charge in [-0.3, -0.25) is 4.79 Å². The summed E-state index contributed by atoms with van der Waals surface area (Å²) in [5.74, 6) is 0.666. The Morgan fingerprint density at radius 1 is 1.19 bits per heavy atom. The van der Waals surface area contributed by atoms with Gasteiger partial charge in [-0.2, -0.15) is 0 Å². The van der Waals surface area contributed by atoms with Crippen LogP contribution in [0.3, 0.4) is 0 Å². The van der Waals surface area contributed by atoms with Gasteiger partial charge in [0.2, 0.25) is 11.8 Å². The molecule has 2 fully saturated rings. The molecule has 32 heavy (non-hydrogen) atoms. The monoisotopic (exact) mass is 474 g/mol. The number of carbonyl (C=O) groups is 1. The summed E-state index contributed by atoms with van der Waals surface area (Å²) in [7, 11) is -1.73. The minimum absolute atomic E-state index is 0.156. The van der Waals surface area contributed by atoms with E-state index in [1.165, 1.54) is 7.11 Å². The van der Waals surface area contributed by atoms with E-state index in [0.29, 0.717) is 34.5 Å². The summed E-state index contributed by atoms with van der Waals surface area (Å²) in [5, 5.41) is 0.174. The molecule has 170 valence electrons. The van der Waals surface area contributed by atoms with Crippen molar-refractivity contribution in [1.29, 1.82) is 0 Å². The van der Waals surface area contributed by atoms with Gasteiger partial charge in [0.05, 0.1) is 22.9 Å². The number of pyridine rings is 1. The van der Waals surface area contributed by atoms with Crippen LogP contribution in [0, 0.1) is 5.92 Å². The lowest BCUT2D eigenvalue weighted by Gasteiger charge is -2.16. The molecule has 2 aromatic rings. The topological polar surface area (TPSA) is 76.6 Å². The molecule has 1 aliphatic carbocycles. The minimum atomic E-state index is -3.25. The average Bonchev–Trinajstić information content (AvgIpc) is 3.57. The molecule has 8 heteroatoms. The Hall–Kier alpha value is -2.38. The molecule has 0 bridgehead atoms. The van der Waals surface area contributed by atoms with Crippen molar-refractivity contribution in [2.45, 2.75) is 42.8 Å². The fourth-order valence-corrected chi connectivity index (χ4v) is 5.89. The van der Waals surface area contributed by atoms with Crippen LogP contribution in [0.4, 0.5) is 0 Å². The lowest BCUT2D eigenvalue weighted by molar-refractivity contribution is -0.129. The van der Waals surface area contributed by atoms with E-state index < -0.39 is 9.84 Å². The number of methoxy groups -OCH3 is 1. The molecule has 6 nitrogen and oxygen atoms in total. The highest BCUT2D eigenvalue weighted by Gasteiger charge is 2.36. The molecule has 1 unspecified atom stereocenters. The number of benzene rings is 1. The maximum absolute atomic E-state index is 12.6. The number of amides is 1. The van der Waals surface area contributed by atoms with Crippen molar-refractivity contribution < 1.29 is 17.9 Å². The summed E-state index contributed by atoms with van der Waals surface area (Å²) >= 11 is 6.18. The third-order valence-corrected chi connectivity index (χ3v) is 8.59. The first-order chi connectivity index (χ1) is 15.3. The highest BCUT2D eigenvalue weighted by atomic mass is 35.5. The Bertz CT molecular complexity index is 1140. The summed E-state index contributed by atoms with van der Waals surface area (Å²) < 4.78 is 30.5. The van der Waals surface area contributed by atoms with Gasteiger partial charge < -0.3 is 9.64 Å². The first kappa shape index (κ1) is 22.8. The van der Waals surface area contributed by atoms with E-state index in [4.69, 9.17) is 16.3 Å². The molecule has 1 atom stereocenters. The van der Waals surface area contributed by atoms with Crippen molar-refractivity contribution in [3.8, 4) is 5.88 Å². The quantitative estimate of drug-likeness (QED) is 0.595. The molecule has 4 rings (SSSR count). The highest BCUT2D eigenvalue weighted by molar-refractivity contribution is 7.92. The second kappa shape index (κ2) is 9.24. The van der Waals surface area contributed by atoms with Gasteiger partial charge in [-0.15, -0.1) is 0 Å². The van der Waals surface area contributed by atoms with Crippen LogP contribution in [-0.4, -0.2) is 49.7 Å². The van der Waals surface area contributed by atoms with Crippen molar-refractivity contribution in [1.82, 2.24) is 9.88 Å². The zero-order chi connectivity index (χ0) is 22.9. The molecule has 1 amide bonds. The number of sulfone groups is 1. The molecular formula is C24H27ClN2O4S. The van der Waals surface area contributed by atoms with Gasteiger partial charge in [-0.25, -0.2) is 13.4 Å². The predicted octanol–water partition coefficient (Wildman–Crippen LogP) is 4.37. The fraction of sp³-hybridized carbons (Fsp3) is 0.417. The summed E-state index contributed by atoms with van der Waals surface area (Å²) in [6, 6.07) is 10.6. The predicted molar refractivity (Wildman–Crippen MR) is 125 cm³/mol. The number of rotatable bonds is 7. The van der Waals surface area contributed by atoms with Gasteiger partial charge >= 0.3 is 0 Å². The molecule has 1 aromatic carbocycles. The Balaban J connectivity index is 1.70. The first-order valence-corrected chi connectivity index (χ1v) is 12.8. The second-order valence-corrected chi connectivity index (χ2v) is 10.9. The number of aromatic nitrogens is 1. The molecule has 2 heterocycles. The molecule has 0 spiro atoms. The maximum atomic E-state index is 12.6. The maximum Gasteiger partial charge on any atom is 0.232 e. The third kappa shape index (κ3) is 4.69. The highest BCUT2D eigenvalue weighted by Crippen LogP contribution is 2.35. The summed E-state index contributed by atoms with van der Waals surface area (Å²) in [6.45, 7) is 3.27. The Morgan fingerprint density at radius 3 is 2.53 bits per heavy atom. The summed E-state index contributed by atoms with van der Waals surface area (Å²) in [4.78, 5) is 18.9. The number of ether oxygens (including phenoxy) is 1. The number of halogens is 1.